The molecule has 1 aliphatic heterocycles. The summed E-state index contributed by atoms with van der Waals surface area (Å²) in [6, 6.07) is 14.4. The molecule has 3 aromatic rings. The van der Waals surface area contributed by atoms with Crippen LogP contribution in [0.2, 0.25) is 0 Å². The lowest BCUT2D eigenvalue weighted by Gasteiger charge is -2.32. The van der Waals surface area contributed by atoms with E-state index >= 15 is 0 Å². The van der Waals surface area contributed by atoms with Crippen molar-refractivity contribution in [1.82, 2.24) is 19.8 Å². The summed E-state index contributed by atoms with van der Waals surface area (Å²) < 4.78 is 6.08. The molecule has 3 heterocycles. The molecule has 33 heavy (non-hydrogen) atoms. The number of hydrogen-bond acceptors (Lipinski definition) is 6. The van der Waals surface area contributed by atoms with Crippen LogP contribution in [-0.2, 0) is 13.0 Å². The fraction of sp³-hybridized carbons (Fsp3) is 0.423. The van der Waals surface area contributed by atoms with Gasteiger partial charge in [-0.2, -0.15) is 0 Å². The van der Waals surface area contributed by atoms with Crippen molar-refractivity contribution >= 4 is 17.2 Å². The molecule has 1 aliphatic rings. The van der Waals surface area contributed by atoms with Gasteiger partial charge in [-0.1, -0.05) is 18.2 Å². The standard InChI is InChI=1S/C26H32N4O2S/c1-20-28-25(19-33-20)26(31)30-14-5-6-22(17-30)18-32-24-10-8-21(9-11-24)16-29(2)15-12-23-7-3-4-13-27-23/h3-4,7-11,13,19,22H,5-6,12,14-18H2,1-2H3/t22-/m1/s1. The predicted octanol–water partition coefficient (Wildman–Crippen LogP) is 4.45. The van der Waals surface area contributed by atoms with E-state index in [4.69, 9.17) is 4.74 Å². The molecular formula is C26H32N4O2S. The molecule has 1 aromatic carbocycles. The van der Waals surface area contributed by atoms with E-state index in [9.17, 15) is 4.79 Å². The van der Waals surface area contributed by atoms with Crippen LogP contribution in [-0.4, -0.2) is 59.0 Å². The number of thiazole rings is 1. The van der Waals surface area contributed by atoms with Crippen molar-refractivity contribution in [1.29, 1.82) is 0 Å². The average molecular weight is 465 g/mol. The Morgan fingerprint density at radius 2 is 2.09 bits per heavy atom. The molecular weight excluding hydrogens is 432 g/mol. The first-order chi connectivity index (χ1) is 16.1. The number of likely N-dealkylation sites (tertiary alicyclic amines) is 1. The number of nitrogens with zero attached hydrogens (tertiary/aromatic N) is 4. The second kappa shape index (κ2) is 11.4. The Balaban J connectivity index is 1.21. The van der Waals surface area contributed by atoms with Crippen molar-refractivity contribution in [2.75, 3.05) is 33.3 Å². The summed E-state index contributed by atoms with van der Waals surface area (Å²) in [5, 5.41) is 2.79. The van der Waals surface area contributed by atoms with Gasteiger partial charge in [-0.3, -0.25) is 9.78 Å². The molecule has 1 amide bonds. The van der Waals surface area contributed by atoms with Gasteiger partial charge in [-0.05, 0) is 56.6 Å². The van der Waals surface area contributed by atoms with Gasteiger partial charge in [0.25, 0.3) is 5.91 Å². The normalized spacial score (nSPS) is 16.2. The first-order valence-electron chi connectivity index (χ1n) is 11.6. The predicted molar refractivity (Wildman–Crippen MR) is 132 cm³/mol. The molecule has 0 aliphatic carbocycles. The van der Waals surface area contributed by atoms with E-state index < -0.39 is 0 Å². The van der Waals surface area contributed by atoms with Gasteiger partial charge in [0.05, 0.1) is 11.6 Å². The number of carbonyl (C=O) groups is 1. The fourth-order valence-corrected chi connectivity index (χ4v) is 4.74. The molecule has 0 unspecified atom stereocenters. The van der Waals surface area contributed by atoms with Crippen LogP contribution >= 0.6 is 11.3 Å². The summed E-state index contributed by atoms with van der Waals surface area (Å²) in [6.07, 6.45) is 4.88. The van der Waals surface area contributed by atoms with Gasteiger partial charge in [0.1, 0.15) is 11.4 Å². The minimum atomic E-state index is 0.0422. The molecule has 1 fully saturated rings. The second-order valence-electron chi connectivity index (χ2n) is 8.77. The lowest BCUT2D eigenvalue weighted by Crippen LogP contribution is -2.41. The summed E-state index contributed by atoms with van der Waals surface area (Å²) in [6.45, 7) is 5.95. The van der Waals surface area contributed by atoms with Crippen molar-refractivity contribution in [3.63, 3.8) is 0 Å². The smallest absolute Gasteiger partial charge is 0.273 e. The quantitative estimate of drug-likeness (QED) is 0.468. The van der Waals surface area contributed by atoms with Gasteiger partial charge in [0.15, 0.2) is 0 Å². The summed E-state index contributed by atoms with van der Waals surface area (Å²) in [5.41, 5.74) is 2.95. The van der Waals surface area contributed by atoms with Gasteiger partial charge in [-0.25, -0.2) is 4.98 Å². The summed E-state index contributed by atoms with van der Waals surface area (Å²) in [5.74, 6) is 1.27. The van der Waals surface area contributed by atoms with Gasteiger partial charge in [0.2, 0.25) is 0 Å². The third-order valence-corrected chi connectivity index (χ3v) is 6.76. The fourth-order valence-electron chi connectivity index (χ4n) is 4.16. The van der Waals surface area contributed by atoms with E-state index in [2.05, 4.69) is 40.1 Å². The van der Waals surface area contributed by atoms with E-state index in [-0.39, 0.29) is 5.91 Å². The van der Waals surface area contributed by atoms with Crippen molar-refractivity contribution < 1.29 is 9.53 Å². The average Bonchev–Trinajstić information content (AvgIpc) is 3.29. The first kappa shape index (κ1) is 23.4. The monoisotopic (exact) mass is 464 g/mol. The van der Waals surface area contributed by atoms with E-state index in [0.717, 1.165) is 61.9 Å². The third-order valence-electron chi connectivity index (χ3n) is 5.98. The number of benzene rings is 1. The number of pyridine rings is 1. The largest absolute Gasteiger partial charge is 0.493 e. The zero-order valence-electron chi connectivity index (χ0n) is 19.4. The minimum Gasteiger partial charge on any atom is -0.493 e. The molecule has 4 rings (SSSR count). The number of hydrogen-bond donors (Lipinski definition) is 0. The number of piperidine rings is 1. The molecule has 7 heteroatoms. The van der Waals surface area contributed by atoms with E-state index in [0.29, 0.717) is 18.2 Å². The van der Waals surface area contributed by atoms with Crippen molar-refractivity contribution in [2.24, 2.45) is 5.92 Å². The number of rotatable bonds is 9. The number of likely N-dealkylation sites (N-methyl/N-ethyl adjacent to an activating group) is 1. The Morgan fingerprint density at radius 3 is 2.82 bits per heavy atom. The van der Waals surface area contributed by atoms with Crippen LogP contribution in [0.3, 0.4) is 0 Å². The first-order valence-corrected chi connectivity index (χ1v) is 12.5. The maximum atomic E-state index is 12.7. The van der Waals surface area contributed by atoms with Gasteiger partial charge < -0.3 is 14.5 Å². The highest BCUT2D eigenvalue weighted by atomic mass is 32.1. The zero-order chi connectivity index (χ0) is 23.0. The maximum absolute atomic E-state index is 12.7. The molecule has 0 spiro atoms. The molecule has 174 valence electrons. The molecule has 0 saturated carbocycles. The third kappa shape index (κ3) is 6.85. The maximum Gasteiger partial charge on any atom is 0.273 e. The van der Waals surface area contributed by atoms with Gasteiger partial charge >= 0.3 is 0 Å². The Hall–Kier alpha value is -2.77. The van der Waals surface area contributed by atoms with Gasteiger partial charge in [0, 0.05) is 55.8 Å². The summed E-state index contributed by atoms with van der Waals surface area (Å²) in [7, 11) is 2.14. The Bertz CT molecular complexity index is 1020. The van der Waals surface area contributed by atoms with Crippen LogP contribution < -0.4 is 4.74 Å². The molecule has 0 N–H and O–H groups in total. The second-order valence-corrected chi connectivity index (χ2v) is 9.84. The van der Waals surface area contributed by atoms with Crippen LogP contribution in [0.25, 0.3) is 0 Å². The van der Waals surface area contributed by atoms with Crippen molar-refractivity contribution in [3.05, 3.63) is 76.0 Å². The molecule has 0 radical (unpaired) electrons. The number of aryl methyl sites for hydroxylation is 1. The molecule has 2 aromatic heterocycles. The number of ether oxygens (including phenoxy) is 1. The molecule has 0 bridgehead atoms. The summed E-state index contributed by atoms with van der Waals surface area (Å²) in [4.78, 5) is 25.7. The molecule has 6 nitrogen and oxygen atoms in total. The molecule has 1 saturated heterocycles. The van der Waals surface area contributed by atoms with E-state index in [1.165, 1.54) is 16.9 Å². The highest BCUT2D eigenvalue weighted by molar-refractivity contribution is 7.09. The van der Waals surface area contributed by atoms with Crippen LogP contribution in [0.1, 0.15) is 39.6 Å². The number of amides is 1. The van der Waals surface area contributed by atoms with Crippen molar-refractivity contribution in [2.45, 2.75) is 32.7 Å². The van der Waals surface area contributed by atoms with Crippen LogP contribution in [0, 0.1) is 12.8 Å². The Kier molecular flexibility index (Phi) is 8.07. The number of aromatic nitrogens is 2. The van der Waals surface area contributed by atoms with E-state index in [1.54, 1.807) is 0 Å². The number of carbonyl (C=O) groups excluding carboxylic acids is 1. The lowest BCUT2D eigenvalue weighted by molar-refractivity contribution is 0.0628. The van der Waals surface area contributed by atoms with Gasteiger partial charge in [-0.15, -0.1) is 11.3 Å². The lowest BCUT2D eigenvalue weighted by atomic mass is 9.98. The highest BCUT2D eigenvalue weighted by Gasteiger charge is 2.26. The highest BCUT2D eigenvalue weighted by Crippen LogP contribution is 2.21. The van der Waals surface area contributed by atoms with Crippen molar-refractivity contribution in [3.8, 4) is 5.75 Å². The molecule has 1 atom stereocenters. The van der Waals surface area contributed by atoms with Crippen LogP contribution in [0.15, 0.2) is 54.0 Å². The summed E-state index contributed by atoms with van der Waals surface area (Å²) >= 11 is 1.52. The topological polar surface area (TPSA) is 58.6 Å². The Morgan fingerprint density at radius 1 is 1.24 bits per heavy atom. The van der Waals surface area contributed by atoms with E-state index in [1.807, 2.05) is 47.7 Å². The minimum absolute atomic E-state index is 0.0422. The SMILES string of the molecule is Cc1nc(C(=O)N2CCC[C@@H](COc3ccc(CN(C)CCc4ccccn4)cc3)C2)cs1. The zero-order valence-corrected chi connectivity index (χ0v) is 20.3. The van der Waals surface area contributed by atoms with Crippen LogP contribution in [0.5, 0.6) is 5.75 Å². The van der Waals surface area contributed by atoms with Crippen LogP contribution in [0.4, 0.5) is 0 Å². The Labute approximate surface area is 200 Å².